The van der Waals surface area contributed by atoms with Gasteiger partial charge in [-0.3, -0.25) is 9.59 Å². The number of imide groups is 1. The lowest BCUT2D eigenvalue weighted by atomic mass is 10.0. The van der Waals surface area contributed by atoms with Gasteiger partial charge in [0.05, 0.1) is 18.4 Å². The molecule has 1 heterocycles. The Morgan fingerprint density at radius 2 is 1.55 bits per heavy atom. The highest BCUT2D eigenvalue weighted by Gasteiger charge is 2.40. The van der Waals surface area contributed by atoms with Crippen molar-refractivity contribution in [3.05, 3.63) is 108 Å². The average Bonchev–Trinajstić information content (AvgIpc) is 3.08. The molecule has 1 N–H and O–H groups in total. The number of methoxy groups -OCH3 is 1. The first kappa shape index (κ1) is 20.5. The van der Waals surface area contributed by atoms with Gasteiger partial charge in [0.15, 0.2) is 0 Å². The van der Waals surface area contributed by atoms with Gasteiger partial charge in [-0.05, 0) is 47.3 Å². The van der Waals surface area contributed by atoms with E-state index in [2.05, 4.69) is 5.32 Å². The van der Waals surface area contributed by atoms with E-state index < -0.39 is 17.6 Å². The number of nitrogens with zero attached hydrogens (tertiary/aromatic N) is 1. The molecule has 5 rings (SSSR count). The third kappa shape index (κ3) is 3.61. The molecule has 0 unspecified atom stereocenters. The number of carbonyl (C=O) groups is 2. The van der Waals surface area contributed by atoms with E-state index in [1.54, 1.807) is 43.5 Å². The number of amides is 2. The van der Waals surface area contributed by atoms with Crippen LogP contribution in [0.1, 0.15) is 5.56 Å². The Bertz CT molecular complexity index is 1420. The van der Waals surface area contributed by atoms with Crippen LogP contribution in [0.4, 0.5) is 15.8 Å². The van der Waals surface area contributed by atoms with Crippen molar-refractivity contribution in [2.24, 2.45) is 0 Å². The van der Waals surface area contributed by atoms with E-state index in [0.29, 0.717) is 22.7 Å². The first-order valence-corrected chi connectivity index (χ1v) is 10.3. The van der Waals surface area contributed by atoms with Gasteiger partial charge in [-0.15, -0.1) is 0 Å². The number of hydrogen-bond donors (Lipinski definition) is 1. The second kappa shape index (κ2) is 8.24. The van der Waals surface area contributed by atoms with Gasteiger partial charge in [0.1, 0.15) is 17.3 Å². The first-order valence-electron chi connectivity index (χ1n) is 10.3. The van der Waals surface area contributed by atoms with E-state index in [-0.39, 0.29) is 11.3 Å². The number of rotatable bonds is 5. The van der Waals surface area contributed by atoms with Crippen LogP contribution in [0.5, 0.6) is 5.75 Å². The maximum absolute atomic E-state index is 13.8. The predicted octanol–water partition coefficient (Wildman–Crippen LogP) is 5.38. The Balaban J connectivity index is 1.66. The zero-order valence-corrected chi connectivity index (χ0v) is 17.7. The van der Waals surface area contributed by atoms with Gasteiger partial charge >= 0.3 is 0 Å². The van der Waals surface area contributed by atoms with Crippen LogP contribution in [0, 0.1) is 5.82 Å². The maximum Gasteiger partial charge on any atom is 0.282 e. The van der Waals surface area contributed by atoms with Gasteiger partial charge < -0.3 is 10.1 Å². The van der Waals surface area contributed by atoms with Gasteiger partial charge in [-0.1, -0.05) is 54.6 Å². The number of nitrogens with one attached hydrogen (secondary N) is 1. The topological polar surface area (TPSA) is 58.6 Å². The summed E-state index contributed by atoms with van der Waals surface area (Å²) in [5.74, 6) is -0.789. The van der Waals surface area contributed by atoms with Crippen LogP contribution in [0.2, 0.25) is 0 Å². The van der Waals surface area contributed by atoms with Crippen LogP contribution in [0.3, 0.4) is 0 Å². The summed E-state index contributed by atoms with van der Waals surface area (Å²) in [6.45, 7) is 0. The fourth-order valence-corrected chi connectivity index (χ4v) is 4.00. The summed E-state index contributed by atoms with van der Waals surface area (Å²) in [4.78, 5) is 28.5. The molecule has 5 nitrogen and oxygen atoms in total. The molecule has 0 saturated heterocycles. The molecule has 2 amide bonds. The average molecular weight is 438 g/mol. The zero-order valence-electron chi connectivity index (χ0n) is 17.7. The molecule has 0 saturated carbocycles. The van der Waals surface area contributed by atoms with Gasteiger partial charge in [0, 0.05) is 11.1 Å². The second-order valence-electron chi connectivity index (χ2n) is 7.56. The van der Waals surface area contributed by atoms with E-state index in [4.69, 9.17) is 4.74 Å². The first-order chi connectivity index (χ1) is 16.1. The lowest BCUT2D eigenvalue weighted by molar-refractivity contribution is -0.120. The SMILES string of the molecule is COc1ccc(C2=C(Nc3cccc(F)c3)C(=O)N(c3cccc4ccccc34)C2=O)cc1. The Morgan fingerprint density at radius 1 is 0.818 bits per heavy atom. The molecule has 0 atom stereocenters. The highest BCUT2D eigenvalue weighted by atomic mass is 19.1. The van der Waals surface area contributed by atoms with E-state index in [9.17, 15) is 14.0 Å². The molecule has 4 aromatic carbocycles. The Labute approximate surface area is 189 Å². The molecule has 0 spiro atoms. The van der Waals surface area contributed by atoms with Crippen molar-refractivity contribution >= 4 is 39.5 Å². The van der Waals surface area contributed by atoms with Crippen LogP contribution in [0.25, 0.3) is 16.3 Å². The second-order valence-corrected chi connectivity index (χ2v) is 7.56. The van der Waals surface area contributed by atoms with Crippen molar-refractivity contribution in [1.29, 1.82) is 0 Å². The van der Waals surface area contributed by atoms with E-state index in [1.807, 2.05) is 36.4 Å². The molecule has 0 bridgehead atoms. The van der Waals surface area contributed by atoms with Crippen molar-refractivity contribution in [2.45, 2.75) is 0 Å². The Morgan fingerprint density at radius 3 is 2.30 bits per heavy atom. The number of hydrogen-bond acceptors (Lipinski definition) is 4. The maximum atomic E-state index is 13.8. The minimum Gasteiger partial charge on any atom is -0.497 e. The number of carbonyl (C=O) groups excluding carboxylic acids is 2. The predicted molar refractivity (Wildman–Crippen MR) is 126 cm³/mol. The summed E-state index contributed by atoms with van der Waals surface area (Å²) in [5.41, 5.74) is 1.71. The highest BCUT2D eigenvalue weighted by molar-refractivity contribution is 6.47. The third-order valence-corrected chi connectivity index (χ3v) is 5.56. The van der Waals surface area contributed by atoms with Crippen LogP contribution < -0.4 is 15.0 Å². The molecule has 1 aliphatic heterocycles. The number of halogens is 1. The molecule has 1 aliphatic rings. The van der Waals surface area contributed by atoms with E-state index in [0.717, 1.165) is 10.8 Å². The lowest BCUT2D eigenvalue weighted by Gasteiger charge is -2.18. The number of benzene rings is 4. The lowest BCUT2D eigenvalue weighted by Crippen LogP contribution is -2.32. The van der Waals surface area contributed by atoms with E-state index in [1.165, 1.54) is 23.1 Å². The molecular weight excluding hydrogens is 419 g/mol. The number of fused-ring (bicyclic) bond motifs is 1. The van der Waals surface area contributed by atoms with Crippen LogP contribution in [-0.4, -0.2) is 18.9 Å². The summed E-state index contributed by atoms with van der Waals surface area (Å²) in [6.07, 6.45) is 0. The van der Waals surface area contributed by atoms with Gasteiger partial charge in [0.25, 0.3) is 11.8 Å². The summed E-state index contributed by atoms with van der Waals surface area (Å²) >= 11 is 0. The van der Waals surface area contributed by atoms with Crippen molar-refractivity contribution in [1.82, 2.24) is 0 Å². The van der Waals surface area contributed by atoms with Gasteiger partial charge in [-0.25, -0.2) is 9.29 Å². The minimum absolute atomic E-state index is 0.0868. The van der Waals surface area contributed by atoms with Crippen molar-refractivity contribution in [2.75, 3.05) is 17.3 Å². The van der Waals surface area contributed by atoms with Crippen LogP contribution in [-0.2, 0) is 9.59 Å². The largest absolute Gasteiger partial charge is 0.497 e. The van der Waals surface area contributed by atoms with Crippen LogP contribution >= 0.6 is 0 Å². The van der Waals surface area contributed by atoms with Crippen molar-refractivity contribution in [3.63, 3.8) is 0 Å². The Hall–Kier alpha value is -4.45. The molecule has 0 aliphatic carbocycles. The minimum atomic E-state index is -0.508. The summed E-state index contributed by atoms with van der Waals surface area (Å²) in [6, 6.07) is 25.7. The van der Waals surface area contributed by atoms with Crippen molar-refractivity contribution < 1.29 is 18.7 Å². The smallest absolute Gasteiger partial charge is 0.282 e. The molecule has 162 valence electrons. The highest BCUT2D eigenvalue weighted by Crippen LogP contribution is 2.37. The summed E-state index contributed by atoms with van der Waals surface area (Å²) < 4.78 is 19.0. The summed E-state index contributed by atoms with van der Waals surface area (Å²) in [5, 5.41) is 4.67. The van der Waals surface area contributed by atoms with Gasteiger partial charge in [0.2, 0.25) is 0 Å². The number of anilines is 2. The normalized spacial score (nSPS) is 13.7. The quantitative estimate of drug-likeness (QED) is 0.425. The molecule has 33 heavy (non-hydrogen) atoms. The molecule has 0 aromatic heterocycles. The molecule has 0 radical (unpaired) electrons. The third-order valence-electron chi connectivity index (χ3n) is 5.56. The summed E-state index contributed by atoms with van der Waals surface area (Å²) in [7, 11) is 1.55. The molecule has 0 fully saturated rings. The molecule has 6 heteroatoms. The standard InChI is InChI=1S/C27H19FN2O3/c1-33-21-14-12-18(13-15-21)24-25(29-20-9-5-8-19(28)16-20)27(32)30(26(24)31)23-11-4-7-17-6-2-3-10-22(17)23/h2-16,29H,1H3. The molecular formula is C27H19FN2O3. The number of ether oxygens (including phenoxy) is 1. The molecule has 4 aromatic rings. The van der Waals surface area contributed by atoms with Crippen LogP contribution in [0.15, 0.2) is 96.7 Å². The fraction of sp³-hybridized carbons (Fsp3) is 0.0370. The zero-order chi connectivity index (χ0) is 22.9. The van der Waals surface area contributed by atoms with Crippen molar-refractivity contribution in [3.8, 4) is 5.75 Å². The fourth-order valence-electron chi connectivity index (χ4n) is 4.00. The Kier molecular flexibility index (Phi) is 5.11. The monoisotopic (exact) mass is 438 g/mol. The van der Waals surface area contributed by atoms with E-state index >= 15 is 0 Å². The van der Waals surface area contributed by atoms with Gasteiger partial charge in [-0.2, -0.15) is 0 Å².